The Bertz CT molecular complexity index is 3040. The highest BCUT2D eigenvalue weighted by atomic mass is 15.0. The van der Waals surface area contributed by atoms with Crippen LogP contribution in [0.15, 0.2) is 182 Å². The van der Waals surface area contributed by atoms with Crippen LogP contribution in [0.1, 0.15) is 0 Å². The molecule has 0 saturated heterocycles. The third-order valence-electron chi connectivity index (χ3n) is 10.7. The lowest BCUT2D eigenvalue weighted by Crippen LogP contribution is -1.97. The fraction of sp³-hybridized carbons (Fsp3) is 0. The summed E-state index contributed by atoms with van der Waals surface area (Å²) >= 11 is 0. The fourth-order valence-electron chi connectivity index (χ4n) is 8.46. The van der Waals surface area contributed by atoms with E-state index in [1.807, 2.05) is 0 Å². The minimum atomic E-state index is 1.15. The lowest BCUT2D eigenvalue weighted by Gasteiger charge is -2.15. The SMILES string of the molecule is c1ccc(-c2cc3c(ccc4c5ccccc5n(-c5ccc(-c6ccc7ccc8cccc9ccc6c7c89)cc5)c43)n2-c2ccccc2)cc1. The second-order valence-corrected chi connectivity index (χ2v) is 13.3. The summed E-state index contributed by atoms with van der Waals surface area (Å²) in [5, 5.41) is 11.6. The summed E-state index contributed by atoms with van der Waals surface area (Å²) in [5.41, 5.74) is 10.8. The zero-order valence-corrected chi connectivity index (χ0v) is 27.2. The van der Waals surface area contributed by atoms with Gasteiger partial charge in [-0.3, -0.25) is 0 Å². The third-order valence-corrected chi connectivity index (χ3v) is 10.7. The number of benzene rings is 9. The molecule has 50 heavy (non-hydrogen) atoms. The smallest absolute Gasteiger partial charge is 0.0635 e. The number of fused-ring (bicyclic) bond motifs is 5. The molecule has 0 saturated carbocycles. The maximum atomic E-state index is 2.46. The molecule has 232 valence electrons. The number of aromatic nitrogens is 2. The van der Waals surface area contributed by atoms with E-state index in [1.165, 1.54) is 87.4 Å². The maximum Gasteiger partial charge on any atom is 0.0635 e. The Hall–Kier alpha value is -6.64. The van der Waals surface area contributed by atoms with Gasteiger partial charge in [0.25, 0.3) is 0 Å². The molecule has 0 unspecified atom stereocenters. The minimum Gasteiger partial charge on any atom is -0.309 e. The molecule has 0 fully saturated rings. The predicted molar refractivity (Wildman–Crippen MR) is 212 cm³/mol. The van der Waals surface area contributed by atoms with Crippen LogP contribution in [0.2, 0.25) is 0 Å². The first kappa shape index (κ1) is 27.3. The normalized spacial score (nSPS) is 12.0. The lowest BCUT2D eigenvalue weighted by molar-refractivity contribution is 1.13. The molecule has 2 heteroatoms. The van der Waals surface area contributed by atoms with E-state index in [2.05, 4.69) is 191 Å². The van der Waals surface area contributed by atoms with Crippen molar-refractivity contribution in [2.75, 3.05) is 0 Å². The predicted octanol–water partition coefficient (Wildman–Crippen LogP) is 13.0. The Labute approximate surface area is 289 Å². The zero-order chi connectivity index (χ0) is 32.8. The Morgan fingerprint density at radius 1 is 0.320 bits per heavy atom. The largest absolute Gasteiger partial charge is 0.309 e. The molecule has 11 aromatic rings. The molecule has 0 radical (unpaired) electrons. The highest BCUT2D eigenvalue weighted by Crippen LogP contribution is 2.42. The molecule has 2 nitrogen and oxygen atoms in total. The van der Waals surface area contributed by atoms with Crippen LogP contribution in [0, 0.1) is 0 Å². The second kappa shape index (κ2) is 10.4. The van der Waals surface area contributed by atoms with Gasteiger partial charge in [-0.25, -0.2) is 0 Å². The van der Waals surface area contributed by atoms with Gasteiger partial charge < -0.3 is 9.13 Å². The van der Waals surface area contributed by atoms with E-state index in [4.69, 9.17) is 0 Å². The van der Waals surface area contributed by atoms with E-state index in [0.717, 1.165) is 11.4 Å². The van der Waals surface area contributed by atoms with Crippen molar-refractivity contribution in [1.29, 1.82) is 0 Å². The average molecular weight is 635 g/mol. The second-order valence-electron chi connectivity index (χ2n) is 13.3. The molecule has 0 N–H and O–H groups in total. The molecule has 0 atom stereocenters. The molecule has 0 aliphatic heterocycles. The molecule has 2 aromatic heterocycles. The average Bonchev–Trinajstić information content (AvgIpc) is 3.74. The molecule has 0 bridgehead atoms. The van der Waals surface area contributed by atoms with Crippen molar-refractivity contribution < 1.29 is 0 Å². The van der Waals surface area contributed by atoms with Crippen LogP contribution in [0.25, 0.3) is 98.8 Å². The Morgan fingerprint density at radius 3 is 1.74 bits per heavy atom. The number of para-hydroxylation sites is 2. The Balaban J connectivity index is 1.15. The van der Waals surface area contributed by atoms with Crippen LogP contribution in [0.5, 0.6) is 0 Å². The molecule has 2 heterocycles. The Kier molecular flexibility index (Phi) is 5.70. The number of rotatable bonds is 4. The highest BCUT2D eigenvalue weighted by Gasteiger charge is 2.20. The Morgan fingerprint density at radius 2 is 0.940 bits per heavy atom. The van der Waals surface area contributed by atoms with Gasteiger partial charge in [0.1, 0.15) is 0 Å². The summed E-state index contributed by atoms with van der Waals surface area (Å²) in [6.07, 6.45) is 0. The first-order valence-corrected chi connectivity index (χ1v) is 17.3. The number of nitrogens with zero attached hydrogens (tertiary/aromatic N) is 2. The van der Waals surface area contributed by atoms with Gasteiger partial charge in [-0.05, 0) is 91.5 Å². The highest BCUT2D eigenvalue weighted by molar-refractivity contribution is 6.25. The van der Waals surface area contributed by atoms with E-state index < -0.39 is 0 Å². The van der Waals surface area contributed by atoms with E-state index in [0.29, 0.717) is 0 Å². The van der Waals surface area contributed by atoms with Gasteiger partial charge in [-0.2, -0.15) is 0 Å². The standard InChI is InChI=1S/C48H30N2/c1-3-10-32(11-4-1)45-30-42-44(49(45)36-14-5-2-6-15-36)29-28-41-39-16-7-8-17-43(39)50(48(41)42)37-24-20-31(21-25-37)38-26-22-35-19-18-33-12-9-13-34-23-27-40(38)47(35)46(33)34/h1-30H. The van der Waals surface area contributed by atoms with Crippen molar-refractivity contribution in [3.63, 3.8) is 0 Å². The molecule has 0 amide bonds. The monoisotopic (exact) mass is 634 g/mol. The summed E-state index contributed by atoms with van der Waals surface area (Å²) in [4.78, 5) is 0. The van der Waals surface area contributed by atoms with Gasteiger partial charge in [-0.1, -0.05) is 140 Å². The zero-order valence-electron chi connectivity index (χ0n) is 27.2. The van der Waals surface area contributed by atoms with Crippen molar-refractivity contribution in [3.8, 4) is 33.8 Å². The number of hydrogen-bond acceptors (Lipinski definition) is 0. The van der Waals surface area contributed by atoms with Crippen LogP contribution in [-0.4, -0.2) is 9.13 Å². The van der Waals surface area contributed by atoms with Gasteiger partial charge in [0.15, 0.2) is 0 Å². The van der Waals surface area contributed by atoms with E-state index >= 15 is 0 Å². The van der Waals surface area contributed by atoms with Gasteiger partial charge in [0.05, 0.1) is 22.2 Å². The topological polar surface area (TPSA) is 9.86 Å². The molecule has 0 aliphatic carbocycles. The van der Waals surface area contributed by atoms with Crippen molar-refractivity contribution >= 4 is 65.0 Å². The van der Waals surface area contributed by atoms with Gasteiger partial charge in [-0.15, -0.1) is 0 Å². The summed E-state index contributed by atoms with van der Waals surface area (Å²) in [6.45, 7) is 0. The maximum absolute atomic E-state index is 2.46. The van der Waals surface area contributed by atoms with E-state index in [-0.39, 0.29) is 0 Å². The molecule has 9 aromatic carbocycles. The summed E-state index contributed by atoms with van der Waals surface area (Å²) in [5.74, 6) is 0. The number of hydrogen-bond donors (Lipinski definition) is 0. The molecular weight excluding hydrogens is 605 g/mol. The van der Waals surface area contributed by atoms with Crippen LogP contribution < -0.4 is 0 Å². The lowest BCUT2D eigenvalue weighted by atomic mass is 9.90. The van der Waals surface area contributed by atoms with Crippen LogP contribution in [0.4, 0.5) is 0 Å². The first-order chi connectivity index (χ1) is 24.8. The summed E-state index contributed by atoms with van der Waals surface area (Å²) < 4.78 is 4.87. The fourth-order valence-corrected chi connectivity index (χ4v) is 8.46. The van der Waals surface area contributed by atoms with Crippen LogP contribution >= 0.6 is 0 Å². The van der Waals surface area contributed by atoms with Gasteiger partial charge in [0, 0.05) is 27.5 Å². The summed E-state index contributed by atoms with van der Waals surface area (Å²) in [7, 11) is 0. The summed E-state index contributed by atoms with van der Waals surface area (Å²) in [6, 6.07) is 66.7. The molecular formula is C48H30N2. The van der Waals surface area contributed by atoms with E-state index in [9.17, 15) is 0 Å². The van der Waals surface area contributed by atoms with E-state index in [1.54, 1.807) is 0 Å². The first-order valence-electron chi connectivity index (χ1n) is 17.3. The van der Waals surface area contributed by atoms with Crippen LogP contribution in [0.3, 0.4) is 0 Å². The van der Waals surface area contributed by atoms with Crippen LogP contribution in [-0.2, 0) is 0 Å². The molecule has 11 rings (SSSR count). The van der Waals surface area contributed by atoms with Gasteiger partial charge in [0.2, 0.25) is 0 Å². The quantitative estimate of drug-likeness (QED) is 0.171. The third kappa shape index (κ3) is 3.85. The molecule has 0 aliphatic rings. The van der Waals surface area contributed by atoms with Crippen molar-refractivity contribution in [1.82, 2.24) is 9.13 Å². The van der Waals surface area contributed by atoms with Crippen molar-refractivity contribution in [2.24, 2.45) is 0 Å². The minimum absolute atomic E-state index is 1.15. The van der Waals surface area contributed by atoms with Gasteiger partial charge >= 0.3 is 0 Å². The van der Waals surface area contributed by atoms with Crippen molar-refractivity contribution in [2.45, 2.75) is 0 Å². The van der Waals surface area contributed by atoms with Crippen molar-refractivity contribution in [3.05, 3.63) is 182 Å². The molecule has 0 spiro atoms.